The van der Waals surface area contributed by atoms with Gasteiger partial charge >= 0.3 is 0 Å². The van der Waals surface area contributed by atoms with Gasteiger partial charge in [-0.15, -0.1) is 12.4 Å². The molecule has 8 heteroatoms. The minimum absolute atomic E-state index is 0. The lowest BCUT2D eigenvalue weighted by Crippen LogP contribution is -2.34. The van der Waals surface area contributed by atoms with Crippen LogP contribution in [0.15, 0.2) is 24.3 Å². The highest BCUT2D eigenvalue weighted by Crippen LogP contribution is 2.25. The molecule has 1 aliphatic rings. The highest BCUT2D eigenvalue weighted by Gasteiger charge is 2.25. The van der Waals surface area contributed by atoms with Crippen LogP contribution in [0.3, 0.4) is 0 Å². The lowest BCUT2D eigenvalue weighted by atomic mass is 9.85. The number of hydrogen-bond acceptors (Lipinski definition) is 4. The van der Waals surface area contributed by atoms with E-state index in [0.717, 1.165) is 19.3 Å². The third-order valence-electron chi connectivity index (χ3n) is 3.96. The number of sulfonamides is 1. The van der Waals surface area contributed by atoms with Crippen molar-refractivity contribution in [3.63, 3.8) is 0 Å². The van der Waals surface area contributed by atoms with Crippen LogP contribution in [0.2, 0.25) is 0 Å². The van der Waals surface area contributed by atoms with E-state index < -0.39 is 10.0 Å². The number of carbonyl (C=O) groups excluding carboxylic acids is 1. The predicted octanol–water partition coefficient (Wildman–Crippen LogP) is 2.72. The van der Waals surface area contributed by atoms with Crippen LogP contribution in [0.25, 0.3) is 0 Å². The van der Waals surface area contributed by atoms with E-state index in [9.17, 15) is 13.2 Å². The van der Waals surface area contributed by atoms with E-state index in [0.29, 0.717) is 24.2 Å². The van der Waals surface area contributed by atoms with Gasteiger partial charge in [0.25, 0.3) is 0 Å². The van der Waals surface area contributed by atoms with Gasteiger partial charge in [-0.1, -0.05) is 19.4 Å². The van der Waals surface area contributed by atoms with Crippen LogP contribution >= 0.6 is 12.4 Å². The fraction of sp³-hybridized carbons (Fsp3) is 0.562. The number of hydrogen-bond donors (Lipinski definition) is 3. The van der Waals surface area contributed by atoms with Crippen LogP contribution in [0.1, 0.15) is 39.0 Å². The molecule has 2 atom stereocenters. The van der Waals surface area contributed by atoms with Gasteiger partial charge < -0.3 is 11.1 Å². The van der Waals surface area contributed by atoms with Crippen molar-refractivity contribution in [1.82, 2.24) is 0 Å². The van der Waals surface area contributed by atoms with Crippen molar-refractivity contribution >= 4 is 39.7 Å². The number of benzene rings is 1. The maximum absolute atomic E-state index is 12.3. The topological polar surface area (TPSA) is 101 Å². The molecule has 136 valence electrons. The van der Waals surface area contributed by atoms with E-state index in [4.69, 9.17) is 5.73 Å². The first kappa shape index (κ1) is 20.7. The molecule has 0 heterocycles. The fourth-order valence-electron chi connectivity index (χ4n) is 2.87. The molecular formula is C16H26ClN3O3S. The maximum atomic E-state index is 12.3. The summed E-state index contributed by atoms with van der Waals surface area (Å²) in [6, 6.07) is 6.85. The highest BCUT2D eigenvalue weighted by atomic mass is 35.5. The molecule has 2 rings (SSSR count). The number of carbonyl (C=O) groups is 1. The summed E-state index contributed by atoms with van der Waals surface area (Å²) in [7, 11) is -3.34. The van der Waals surface area contributed by atoms with Crippen molar-refractivity contribution in [3.8, 4) is 0 Å². The monoisotopic (exact) mass is 375 g/mol. The van der Waals surface area contributed by atoms with Gasteiger partial charge in [-0.2, -0.15) is 0 Å². The second-order valence-electron chi connectivity index (χ2n) is 6.11. The summed E-state index contributed by atoms with van der Waals surface area (Å²) < 4.78 is 26.1. The zero-order chi connectivity index (χ0) is 16.9. The number of amides is 1. The molecule has 1 amide bonds. The first-order valence-corrected chi connectivity index (χ1v) is 9.72. The molecule has 6 nitrogen and oxygen atoms in total. The van der Waals surface area contributed by atoms with Gasteiger partial charge in [0, 0.05) is 17.6 Å². The normalized spacial score (nSPS) is 20.8. The molecule has 24 heavy (non-hydrogen) atoms. The van der Waals surface area contributed by atoms with Crippen LogP contribution in [0.5, 0.6) is 0 Å². The Morgan fingerprint density at radius 2 is 2.00 bits per heavy atom. The molecule has 1 aliphatic carbocycles. The molecule has 1 saturated carbocycles. The van der Waals surface area contributed by atoms with Gasteiger partial charge in [-0.05, 0) is 43.9 Å². The lowest BCUT2D eigenvalue weighted by molar-refractivity contribution is -0.120. The van der Waals surface area contributed by atoms with Crippen molar-refractivity contribution in [1.29, 1.82) is 0 Å². The molecule has 0 radical (unpaired) electrons. The van der Waals surface area contributed by atoms with Crippen LogP contribution in [-0.2, 0) is 14.8 Å². The average Bonchev–Trinajstić information content (AvgIpc) is 2.47. The van der Waals surface area contributed by atoms with Gasteiger partial charge in [-0.3, -0.25) is 9.52 Å². The van der Waals surface area contributed by atoms with Gasteiger partial charge in [0.1, 0.15) is 0 Å². The van der Waals surface area contributed by atoms with Crippen LogP contribution in [0.4, 0.5) is 11.4 Å². The SMILES string of the molecule is CCCS(=O)(=O)Nc1cccc(NC(=O)C2CCCC(N)C2)c1.Cl. The quantitative estimate of drug-likeness (QED) is 0.711. The molecule has 0 aliphatic heterocycles. The summed E-state index contributed by atoms with van der Waals surface area (Å²) in [5.74, 6) is -0.0447. The molecule has 1 aromatic carbocycles. The third-order valence-corrected chi connectivity index (χ3v) is 5.45. The summed E-state index contributed by atoms with van der Waals surface area (Å²) in [6.45, 7) is 1.81. The summed E-state index contributed by atoms with van der Waals surface area (Å²) >= 11 is 0. The van der Waals surface area contributed by atoms with Crippen molar-refractivity contribution in [3.05, 3.63) is 24.3 Å². The molecule has 0 saturated heterocycles. The second kappa shape index (κ2) is 9.25. The number of halogens is 1. The van der Waals surface area contributed by atoms with Crippen molar-refractivity contribution < 1.29 is 13.2 Å². The third kappa shape index (κ3) is 6.30. The largest absolute Gasteiger partial charge is 0.328 e. The van der Waals surface area contributed by atoms with Gasteiger partial charge in [0.2, 0.25) is 15.9 Å². The number of rotatable bonds is 6. The first-order valence-electron chi connectivity index (χ1n) is 8.06. The Morgan fingerprint density at radius 1 is 1.29 bits per heavy atom. The van der Waals surface area contributed by atoms with Gasteiger partial charge in [-0.25, -0.2) is 8.42 Å². The molecule has 1 fully saturated rings. The molecule has 0 bridgehead atoms. The number of nitrogens with one attached hydrogen (secondary N) is 2. The second-order valence-corrected chi connectivity index (χ2v) is 7.96. The Balaban J connectivity index is 0.00000288. The molecule has 1 aromatic rings. The molecule has 0 aromatic heterocycles. The summed E-state index contributed by atoms with van der Waals surface area (Å²) in [5, 5.41) is 2.86. The van der Waals surface area contributed by atoms with E-state index in [-0.39, 0.29) is 36.0 Å². The van der Waals surface area contributed by atoms with E-state index in [2.05, 4.69) is 10.0 Å². The van der Waals surface area contributed by atoms with Crippen molar-refractivity contribution in [2.45, 2.75) is 45.1 Å². The van der Waals surface area contributed by atoms with Crippen LogP contribution in [0, 0.1) is 5.92 Å². The highest BCUT2D eigenvalue weighted by molar-refractivity contribution is 7.92. The Kier molecular flexibility index (Phi) is 7.99. The summed E-state index contributed by atoms with van der Waals surface area (Å²) in [5.41, 5.74) is 6.97. The van der Waals surface area contributed by atoms with Crippen molar-refractivity contribution in [2.75, 3.05) is 15.8 Å². The smallest absolute Gasteiger partial charge is 0.232 e. The zero-order valence-electron chi connectivity index (χ0n) is 13.8. The molecule has 4 N–H and O–H groups in total. The minimum atomic E-state index is -3.34. The summed E-state index contributed by atoms with van der Waals surface area (Å²) in [4.78, 5) is 12.3. The van der Waals surface area contributed by atoms with E-state index in [1.165, 1.54) is 0 Å². The Bertz CT molecular complexity index is 652. The average molecular weight is 376 g/mol. The predicted molar refractivity (Wildman–Crippen MR) is 100.0 cm³/mol. The number of anilines is 2. The Morgan fingerprint density at radius 3 is 2.67 bits per heavy atom. The van der Waals surface area contributed by atoms with Crippen molar-refractivity contribution in [2.24, 2.45) is 11.7 Å². The van der Waals surface area contributed by atoms with E-state index >= 15 is 0 Å². The Hall–Kier alpha value is -1.31. The van der Waals surface area contributed by atoms with Crippen LogP contribution in [-0.4, -0.2) is 26.1 Å². The first-order chi connectivity index (χ1) is 10.9. The van der Waals surface area contributed by atoms with E-state index in [1.54, 1.807) is 24.3 Å². The minimum Gasteiger partial charge on any atom is -0.328 e. The molecule has 0 spiro atoms. The fourth-order valence-corrected chi connectivity index (χ4v) is 4.00. The molecular weight excluding hydrogens is 350 g/mol. The number of nitrogens with two attached hydrogens (primary N) is 1. The maximum Gasteiger partial charge on any atom is 0.232 e. The van der Waals surface area contributed by atoms with E-state index in [1.807, 2.05) is 6.92 Å². The molecule has 2 unspecified atom stereocenters. The standard InChI is InChI=1S/C16H25N3O3S.ClH/c1-2-9-23(21,22)19-15-8-4-7-14(11-15)18-16(20)12-5-3-6-13(17)10-12;/h4,7-8,11-13,19H,2-3,5-6,9-10,17H2,1H3,(H,18,20);1H. The zero-order valence-corrected chi connectivity index (χ0v) is 15.5. The Labute approximate surface area is 150 Å². The van der Waals surface area contributed by atoms with Gasteiger partial charge in [0.05, 0.1) is 11.4 Å². The van der Waals surface area contributed by atoms with Crippen LogP contribution < -0.4 is 15.8 Å². The summed E-state index contributed by atoms with van der Waals surface area (Å²) in [6.07, 6.45) is 4.04. The van der Waals surface area contributed by atoms with Gasteiger partial charge in [0.15, 0.2) is 0 Å². The lowest BCUT2D eigenvalue weighted by Gasteiger charge is -2.25.